The molecule has 0 amide bonds. The molecule has 0 fully saturated rings. The highest BCUT2D eigenvalue weighted by atomic mass is 79.9. The molecular weight excluding hydrogens is 346 g/mol. The molecule has 98 valence electrons. The molecule has 1 N–H and O–H groups in total. The third-order valence-electron chi connectivity index (χ3n) is 2.09. The molecule has 0 bridgehead atoms. The smallest absolute Gasteiger partial charge is 0.206 e. The predicted molar refractivity (Wildman–Crippen MR) is 76.3 cm³/mol. The molecule has 0 radical (unpaired) electrons. The van der Waals surface area contributed by atoms with E-state index in [0.717, 1.165) is 6.42 Å². The van der Waals surface area contributed by atoms with Crippen LogP contribution in [0.5, 0.6) is 0 Å². The van der Waals surface area contributed by atoms with Crippen molar-refractivity contribution in [3.8, 4) is 0 Å². The maximum atomic E-state index is 12.1. The highest BCUT2D eigenvalue weighted by molar-refractivity contribution is 9.10. The molecule has 1 unspecified atom stereocenters. The Morgan fingerprint density at radius 1 is 1.53 bits per heavy atom. The number of nitrogens with one attached hydrogen (secondary N) is 1. The minimum Gasteiger partial charge on any atom is -0.206 e. The number of sulfonamides is 1. The standard InChI is InChI=1S/C10H15BrClNO2S2/c1-7(2)5-8(6-12)13-17(14,15)10-9(11)3-4-16-10/h3-4,7-8,13H,5-6H2,1-2H3. The first kappa shape index (κ1) is 15.4. The number of rotatable bonds is 6. The number of thiophene rings is 1. The summed E-state index contributed by atoms with van der Waals surface area (Å²) in [5.41, 5.74) is 0. The zero-order valence-corrected chi connectivity index (χ0v) is 13.6. The lowest BCUT2D eigenvalue weighted by atomic mass is 10.1. The predicted octanol–water partition coefficient (Wildman–Crippen LogP) is 3.44. The Labute approximate surface area is 120 Å². The Hall–Kier alpha value is 0.380. The third-order valence-corrected chi connectivity index (χ3v) is 6.66. The maximum absolute atomic E-state index is 12.1. The van der Waals surface area contributed by atoms with Crippen LogP contribution >= 0.6 is 38.9 Å². The van der Waals surface area contributed by atoms with Crippen molar-refractivity contribution in [3.63, 3.8) is 0 Å². The minimum absolute atomic E-state index is 0.226. The van der Waals surface area contributed by atoms with Crippen LogP contribution in [-0.4, -0.2) is 20.3 Å². The van der Waals surface area contributed by atoms with Gasteiger partial charge in [-0.3, -0.25) is 0 Å². The van der Waals surface area contributed by atoms with E-state index in [9.17, 15) is 8.42 Å². The van der Waals surface area contributed by atoms with Crippen molar-refractivity contribution in [3.05, 3.63) is 15.9 Å². The summed E-state index contributed by atoms with van der Waals surface area (Å²) in [5.74, 6) is 0.675. The molecule has 0 aliphatic carbocycles. The van der Waals surface area contributed by atoms with Crippen LogP contribution in [-0.2, 0) is 10.0 Å². The Morgan fingerprint density at radius 2 is 2.18 bits per heavy atom. The van der Waals surface area contributed by atoms with Gasteiger partial charge < -0.3 is 0 Å². The molecule has 0 aromatic carbocycles. The lowest BCUT2D eigenvalue weighted by molar-refractivity contribution is 0.486. The van der Waals surface area contributed by atoms with Crippen LogP contribution in [0, 0.1) is 5.92 Å². The second kappa shape index (κ2) is 6.52. The number of halogens is 2. The lowest BCUT2D eigenvalue weighted by Gasteiger charge is -2.17. The minimum atomic E-state index is -3.47. The SMILES string of the molecule is CC(C)CC(CCl)NS(=O)(=O)c1sccc1Br. The van der Waals surface area contributed by atoms with Crippen molar-refractivity contribution >= 4 is 48.9 Å². The summed E-state index contributed by atoms with van der Waals surface area (Å²) >= 11 is 10.2. The topological polar surface area (TPSA) is 46.2 Å². The van der Waals surface area contributed by atoms with Crippen LogP contribution in [0.2, 0.25) is 0 Å². The second-order valence-electron chi connectivity index (χ2n) is 4.16. The highest BCUT2D eigenvalue weighted by Gasteiger charge is 2.23. The van der Waals surface area contributed by atoms with E-state index in [1.807, 2.05) is 13.8 Å². The average Bonchev–Trinajstić information content (AvgIpc) is 2.63. The summed E-state index contributed by atoms with van der Waals surface area (Å²) in [7, 11) is -3.47. The van der Waals surface area contributed by atoms with Gasteiger partial charge in [-0.15, -0.1) is 22.9 Å². The average molecular weight is 361 g/mol. The van der Waals surface area contributed by atoms with Crippen LogP contribution in [0.3, 0.4) is 0 Å². The fourth-order valence-electron chi connectivity index (χ4n) is 1.46. The monoisotopic (exact) mass is 359 g/mol. The van der Waals surface area contributed by atoms with Gasteiger partial charge in [0, 0.05) is 16.4 Å². The first-order valence-corrected chi connectivity index (χ1v) is 8.87. The van der Waals surface area contributed by atoms with Crippen molar-refractivity contribution in [1.82, 2.24) is 4.72 Å². The van der Waals surface area contributed by atoms with E-state index in [0.29, 0.717) is 14.6 Å². The summed E-state index contributed by atoms with van der Waals surface area (Å²) in [6, 6.07) is 1.49. The molecule has 1 atom stereocenters. The Kier molecular flexibility index (Phi) is 5.92. The quantitative estimate of drug-likeness (QED) is 0.790. The molecule has 1 rings (SSSR count). The summed E-state index contributed by atoms with van der Waals surface area (Å²) in [5, 5.41) is 1.73. The third kappa shape index (κ3) is 4.52. The van der Waals surface area contributed by atoms with Gasteiger partial charge in [-0.1, -0.05) is 13.8 Å². The van der Waals surface area contributed by atoms with Crippen molar-refractivity contribution in [2.75, 3.05) is 5.88 Å². The molecule has 7 heteroatoms. The molecule has 1 aromatic heterocycles. The van der Waals surface area contributed by atoms with Crippen LogP contribution in [0.1, 0.15) is 20.3 Å². The lowest BCUT2D eigenvalue weighted by Crippen LogP contribution is -2.36. The number of hydrogen-bond donors (Lipinski definition) is 1. The molecule has 1 heterocycles. The molecule has 0 saturated carbocycles. The molecule has 0 saturated heterocycles. The largest absolute Gasteiger partial charge is 0.251 e. The van der Waals surface area contributed by atoms with Gasteiger partial charge in [-0.05, 0) is 39.7 Å². The highest BCUT2D eigenvalue weighted by Crippen LogP contribution is 2.27. The van der Waals surface area contributed by atoms with E-state index in [2.05, 4.69) is 20.7 Å². The summed E-state index contributed by atoms with van der Waals surface area (Å²) in [4.78, 5) is 0. The molecule has 0 spiro atoms. The van der Waals surface area contributed by atoms with E-state index in [1.54, 1.807) is 11.4 Å². The fourth-order valence-corrected chi connectivity index (χ4v) is 5.35. The number of alkyl halides is 1. The van der Waals surface area contributed by atoms with E-state index in [-0.39, 0.29) is 11.9 Å². The Morgan fingerprint density at radius 3 is 2.59 bits per heavy atom. The zero-order chi connectivity index (χ0) is 13.1. The molecule has 0 aliphatic rings. The van der Waals surface area contributed by atoms with Gasteiger partial charge in [0.25, 0.3) is 10.0 Å². The first-order valence-electron chi connectivity index (χ1n) is 5.18. The summed E-state index contributed by atoms with van der Waals surface area (Å²) in [6.07, 6.45) is 0.728. The summed E-state index contributed by atoms with van der Waals surface area (Å²) in [6.45, 7) is 4.07. The van der Waals surface area contributed by atoms with Crippen molar-refractivity contribution in [2.45, 2.75) is 30.5 Å². The first-order chi connectivity index (χ1) is 7.86. The van der Waals surface area contributed by atoms with E-state index >= 15 is 0 Å². The van der Waals surface area contributed by atoms with Gasteiger partial charge in [0.15, 0.2) is 0 Å². The van der Waals surface area contributed by atoms with Crippen molar-refractivity contribution in [2.24, 2.45) is 5.92 Å². The van der Waals surface area contributed by atoms with Crippen LogP contribution in [0.4, 0.5) is 0 Å². The summed E-state index contributed by atoms with van der Waals surface area (Å²) < 4.78 is 27.7. The molecule has 3 nitrogen and oxygen atoms in total. The van der Waals surface area contributed by atoms with Gasteiger partial charge in [-0.2, -0.15) is 0 Å². The molecule has 1 aromatic rings. The van der Waals surface area contributed by atoms with Gasteiger partial charge in [-0.25, -0.2) is 13.1 Å². The van der Waals surface area contributed by atoms with Crippen LogP contribution in [0.15, 0.2) is 20.1 Å². The van der Waals surface area contributed by atoms with Crippen molar-refractivity contribution in [1.29, 1.82) is 0 Å². The Bertz CT molecular complexity index is 459. The van der Waals surface area contributed by atoms with Gasteiger partial charge >= 0.3 is 0 Å². The molecule has 17 heavy (non-hydrogen) atoms. The van der Waals surface area contributed by atoms with Crippen LogP contribution in [0.25, 0.3) is 0 Å². The van der Waals surface area contributed by atoms with E-state index in [4.69, 9.17) is 11.6 Å². The Balaban J connectivity index is 2.82. The van der Waals surface area contributed by atoms with Crippen molar-refractivity contribution < 1.29 is 8.42 Å². The normalized spacial score (nSPS) is 14.2. The zero-order valence-electron chi connectivity index (χ0n) is 9.61. The van der Waals surface area contributed by atoms with Gasteiger partial charge in [0.2, 0.25) is 0 Å². The van der Waals surface area contributed by atoms with E-state index in [1.165, 1.54) is 11.3 Å². The maximum Gasteiger partial charge on any atom is 0.251 e. The van der Waals surface area contributed by atoms with Gasteiger partial charge in [0.05, 0.1) is 0 Å². The fraction of sp³-hybridized carbons (Fsp3) is 0.600. The van der Waals surface area contributed by atoms with Gasteiger partial charge in [0.1, 0.15) is 4.21 Å². The second-order valence-corrected chi connectivity index (χ2v) is 8.15. The molecule has 0 aliphatic heterocycles. The van der Waals surface area contributed by atoms with Crippen LogP contribution < -0.4 is 4.72 Å². The molecular formula is C10H15BrClNO2S2. The number of hydrogen-bond acceptors (Lipinski definition) is 3. The van der Waals surface area contributed by atoms with E-state index < -0.39 is 10.0 Å².